The second kappa shape index (κ2) is 5.16. The molecule has 3 N–H and O–H groups in total. The van der Waals surface area contributed by atoms with Crippen molar-refractivity contribution in [2.24, 2.45) is 5.92 Å². The molecule has 2 fully saturated rings. The zero-order chi connectivity index (χ0) is 14.1. The molecule has 0 unspecified atom stereocenters. The van der Waals surface area contributed by atoms with Crippen molar-refractivity contribution in [3.8, 4) is 0 Å². The Hall–Kier alpha value is -1.03. The predicted octanol–water partition coefficient (Wildman–Crippen LogP) is 2.52. The summed E-state index contributed by atoms with van der Waals surface area (Å²) >= 11 is 0. The number of hydrogen-bond acceptors (Lipinski definition) is 2. The number of amides is 2. The highest BCUT2D eigenvalue weighted by molar-refractivity contribution is 5.75. The zero-order valence-corrected chi connectivity index (χ0v) is 12.5. The van der Waals surface area contributed by atoms with Gasteiger partial charge in [0.25, 0.3) is 0 Å². The topological polar surface area (TPSA) is 53.2 Å². The highest BCUT2D eigenvalue weighted by Gasteiger charge is 2.38. The summed E-state index contributed by atoms with van der Waals surface area (Å²) < 4.78 is 0. The smallest absolute Gasteiger partial charge is 0.318 e. The maximum atomic E-state index is 11.8. The largest absolute Gasteiger partial charge is 0.335 e. The van der Waals surface area contributed by atoms with E-state index in [0.29, 0.717) is 5.92 Å². The molecule has 108 valence electrons. The molecule has 0 spiro atoms. The molecule has 2 rings (SSSR count). The molecule has 0 bridgehead atoms. The van der Waals surface area contributed by atoms with Gasteiger partial charge in [-0.2, -0.15) is 0 Å². The summed E-state index contributed by atoms with van der Waals surface area (Å²) in [5.41, 5.74) is 0.118. The molecule has 0 aromatic rings. The molecule has 1 saturated heterocycles. The van der Waals surface area contributed by atoms with Crippen molar-refractivity contribution < 1.29 is 4.79 Å². The Labute approximate surface area is 116 Å². The van der Waals surface area contributed by atoms with Gasteiger partial charge in [-0.1, -0.05) is 6.08 Å². The van der Waals surface area contributed by atoms with Crippen molar-refractivity contribution in [1.29, 1.82) is 0 Å². The van der Waals surface area contributed by atoms with E-state index in [-0.39, 0.29) is 23.2 Å². The average molecular weight is 265 g/mol. The predicted molar refractivity (Wildman–Crippen MR) is 77.8 cm³/mol. The lowest BCUT2D eigenvalue weighted by atomic mass is 9.80. The van der Waals surface area contributed by atoms with E-state index in [9.17, 15) is 4.79 Å². The summed E-state index contributed by atoms with van der Waals surface area (Å²) in [4.78, 5) is 11.8. The molecule has 19 heavy (non-hydrogen) atoms. The number of rotatable bonds is 3. The Kier molecular flexibility index (Phi) is 3.90. The van der Waals surface area contributed by atoms with E-state index in [2.05, 4.69) is 49.7 Å². The van der Waals surface area contributed by atoms with E-state index in [1.54, 1.807) is 6.20 Å². The first-order chi connectivity index (χ1) is 8.76. The van der Waals surface area contributed by atoms with Gasteiger partial charge in [-0.3, -0.25) is 0 Å². The van der Waals surface area contributed by atoms with Gasteiger partial charge in [-0.25, -0.2) is 4.79 Å². The van der Waals surface area contributed by atoms with Crippen LogP contribution in [-0.2, 0) is 0 Å². The molecule has 2 aliphatic rings. The van der Waals surface area contributed by atoms with Crippen LogP contribution in [-0.4, -0.2) is 23.2 Å². The molecule has 1 aliphatic heterocycles. The summed E-state index contributed by atoms with van der Waals surface area (Å²) in [5.74, 6) is 0.692. The van der Waals surface area contributed by atoms with Gasteiger partial charge in [-0.05, 0) is 59.3 Å². The van der Waals surface area contributed by atoms with Gasteiger partial charge < -0.3 is 16.0 Å². The van der Waals surface area contributed by atoms with Crippen molar-refractivity contribution in [3.63, 3.8) is 0 Å². The standard InChI is InChI=1S/C15H27N3O/c1-14(2)9-12(10-15(3,4)18-14)17-13(19)16-8-7-11-5-6-11/h7-8,11-12,18H,5-6,9-10H2,1-4H3,(H2,16,17,19)/b8-7+. The number of piperidine rings is 1. The molecule has 0 radical (unpaired) electrons. The third kappa shape index (κ3) is 4.86. The van der Waals surface area contributed by atoms with E-state index in [4.69, 9.17) is 0 Å². The van der Waals surface area contributed by atoms with Gasteiger partial charge in [0.05, 0.1) is 0 Å². The number of carbonyl (C=O) groups is 1. The molecule has 0 aromatic carbocycles. The second-order valence-corrected chi connectivity index (χ2v) is 7.31. The quantitative estimate of drug-likeness (QED) is 0.734. The summed E-state index contributed by atoms with van der Waals surface area (Å²) in [6, 6.07) is 0.135. The van der Waals surface area contributed by atoms with Crippen molar-refractivity contribution in [2.75, 3.05) is 0 Å². The van der Waals surface area contributed by atoms with Crippen LogP contribution in [0.1, 0.15) is 53.4 Å². The van der Waals surface area contributed by atoms with E-state index in [1.165, 1.54) is 12.8 Å². The van der Waals surface area contributed by atoms with Crippen LogP contribution in [0, 0.1) is 5.92 Å². The minimum absolute atomic E-state index is 0.0591. The van der Waals surface area contributed by atoms with Crippen molar-refractivity contribution in [3.05, 3.63) is 12.3 Å². The van der Waals surface area contributed by atoms with E-state index >= 15 is 0 Å². The number of hydrogen-bond donors (Lipinski definition) is 3. The molecule has 1 saturated carbocycles. The maximum Gasteiger partial charge on any atom is 0.318 e. The van der Waals surface area contributed by atoms with Crippen LogP contribution >= 0.6 is 0 Å². The van der Waals surface area contributed by atoms with Crippen LogP contribution in [0.15, 0.2) is 12.3 Å². The van der Waals surface area contributed by atoms with Gasteiger partial charge in [0.15, 0.2) is 0 Å². The van der Waals surface area contributed by atoms with E-state index < -0.39 is 0 Å². The van der Waals surface area contributed by atoms with Crippen LogP contribution < -0.4 is 16.0 Å². The van der Waals surface area contributed by atoms with Gasteiger partial charge in [0.1, 0.15) is 0 Å². The summed E-state index contributed by atoms with van der Waals surface area (Å²) in [6.07, 6.45) is 8.29. The Balaban J connectivity index is 1.81. The fourth-order valence-electron chi connectivity index (χ4n) is 3.20. The zero-order valence-electron chi connectivity index (χ0n) is 12.5. The minimum atomic E-state index is -0.0876. The highest BCUT2D eigenvalue weighted by atomic mass is 16.2. The summed E-state index contributed by atoms with van der Waals surface area (Å²) in [6.45, 7) is 8.75. The van der Waals surface area contributed by atoms with E-state index in [0.717, 1.165) is 12.8 Å². The van der Waals surface area contributed by atoms with Gasteiger partial charge in [0.2, 0.25) is 0 Å². The van der Waals surface area contributed by atoms with Crippen LogP contribution in [0.3, 0.4) is 0 Å². The lowest BCUT2D eigenvalue weighted by Gasteiger charge is -2.46. The third-order valence-electron chi connectivity index (χ3n) is 3.73. The van der Waals surface area contributed by atoms with Crippen molar-refractivity contribution in [2.45, 2.75) is 70.5 Å². The van der Waals surface area contributed by atoms with Gasteiger partial charge in [-0.15, -0.1) is 0 Å². The molecule has 4 heteroatoms. The molecule has 4 nitrogen and oxygen atoms in total. The number of urea groups is 1. The lowest BCUT2D eigenvalue weighted by Crippen LogP contribution is -2.62. The fourth-order valence-corrected chi connectivity index (χ4v) is 3.20. The molecule has 0 aromatic heterocycles. The minimum Gasteiger partial charge on any atom is -0.335 e. The monoisotopic (exact) mass is 265 g/mol. The number of carbonyl (C=O) groups excluding carboxylic acids is 1. The van der Waals surface area contributed by atoms with Crippen LogP contribution in [0.2, 0.25) is 0 Å². The Morgan fingerprint density at radius 2 is 1.74 bits per heavy atom. The fraction of sp³-hybridized carbons (Fsp3) is 0.800. The van der Waals surface area contributed by atoms with Crippen LogP contribution in [0.5, 0.6) is 0 Å². The molecule has 2 amide bonds. The first-order valence-corrected chi connectivity index (χ1v) is 7.29. The first kappa shape index (κ1) is 14.4. The molecule has 1 aliphatic carbocycles. The summed E-state index contributed by atoms with van der Waals surface area (Å²) in [5, 5.41) is 9.50. The maximum absolute atomic E-state index is 11.8. The molecular weight excluding hydrogens is 238 g/mol. The van der Waals surface area contributed by atoms with Crippen LogP contribution in [0.25, 0.3) is 0 Å². The summed E-state index contributed by atoms with van der Waals surface area (Å²) in [7, 11) is 0. The number of allylic oxidation sites excluding steroid dienone is 1. The Morgan fingerprint density at radius 1 is 1.16 bits per heavy atom. The van der Waals surface area contributed by atoms with Gasteiger partial charge in [0, 0.05) is 23.3 Å². The van der Waals surface area contributed by atoms with Crippen LogP contribution in [0.4, 0.5) is 4.79 Å². The molecular formula is C15H27N3O. The van der Waals surface area contributed by atoms with Gasteiger partial charge >= 0.3 is 6.03 Å². The number of nitrogens with one attached hydrogen (secondary N) is 3. The van der Waals surface area contributed by atoms with Crippen molar-refractivity contribution >= 4 is 6.03 Å². The highest BCUT2D eigenvalue weighted by Crippen LogP contribution is 2.30. The normalized spacial score (nSPS) is 26.3. The van der Waals surface area contributed by atoms with Crippen molar-refractivity contribution in [1.82, 2.24) is 16.0 Å². The van der Waals surface area contributed by atoms with E-state index in [1.807, 2.05) is 0 Å². The third-order valence-corrected chi connectivity index (χ3v) is 3.73. The SMILES string of the molecule is CC1(C)CC(NC(=O)N/C=C/C2CC2)CC(C)(C)N1. The Morgan fingerprint density at radius 3 is 2.26 bits per heavy atom. The average Bonchev–Trinajstić information content (AvgIpc) is 2.95. The lowest BCUT2D eigenvalue weighted by molar-refractivity contribution is 0.148. The second-order valence-electron chi connectivity index (χ2n) is 7.31. The molecule has 1 heterocycles. The first-order valence-electron chi connectivity index (χ1n) is 7.29. The Bertz CT molecular complexity index is 354. The molecule has 0 atom stereocenters.